The average molecular weight is 391 g/mol. The van der Waals surface area contributed by atoms with Crippen molar-refractivity contribution in [1.82, 2.24) is 14.5 Å². The molecule has 9 heteroatoms. The molecular formula is C18H19ClN4O4. The van der Waals surface area contributed by atoms with Crippen LogP contribution in [0.3, 0.4) is 0 Å². The number of ether oxygens (including phenoxy) is 1. The molecule has 1 saturated heterocycles. The SMILES string of the molecule is OC[C@H]1O[C@@H](n2cnc3c(NCc4ccccc4)cc(Cl)nc32)C(O)C1O. The van der Waals surface area contributed by atoms with Gasteiger partial charge < -0.3 is 25.4 Å². The van der Waals surface area contributed by atoms with Crippen molar-refractivity contribution in [2.75, 3.05) is 11.9 Å². The number of halogens is 1. The third-order valence-electron chi connectivity index (χ3n) is 4.62. The zero-order chi connectivity index (χ0) is 19.0. The number of hydrogen-bond donors (Lipinski definition) is 4. The van der Waals surface area contributed by atoms with Gasteiger partial charge in [0.15, 0.2) is 11.9 Å². The second-order valence-corrected chi connectivity index (χ2v) is 6.77. The van der Waals surface area contributed by atoms with Crippen LogP contribution in [0.2, 0.25) is 5.15 Å². The number of aliphatic hydroxyl groups excluding tert-OH is 3. The molecular weight excluding hydrogens is 372 g/mol. The van der Waals surface area contributed by atoms with Gasteiger partial charge in [0.25, 0.3) is 0 Å². The molecule has 3 aromatic rings. The van der Waals surface area contributed by atoms with E-state index in [1.165, 1.54) is 10.9 Å². The van der Waals surface area contributed by atoms with Gasteiger partial charge in [-0.2, -0.15) is 0 Å². The maximum absolute atomic E-state index is 10.3. The fourth-order valence-corrected chi connectivity index (χ4v) is 3.39. The molecule has 1 aliphatic rings. The van der Waals surface area contributed by atoms with Gasteiger partial charge in [-0.15, -0.1) is 0 Å². The Labute approximate surface area is 160 Å². The molecule has 27 heavy (non-hydrogen) atoms. The van der Waals surface area contributed by atoms with E-state index in [0.717, 1.165) is 5.56 Å². The molecule has 0 spiro atoms. The number of fused-ring (bicyclic) bond motifs is 1. The summed E-state index contributed by atoms with van der Waals surface area (Å²) in [5.41, 5.74) is 2.77. The molecule has 4 rings (SSSR count). The summed E-state index contributed by atoms with van der Waals surface area (Å²) in [4.78, 5) is 8.67. The third kappa shape index (κ3) is 3.38. The molecule has 4 N–H and O–H groups in total. The van der Waals surface area contributed by atoms with Crippen molar-refractivity contribution in [2.45, 2.75) is 31.1 Å². The van der Waals surface area contributed by atoms with Crippen LogP contribution >= 0.6 is 11.6 Å². The topological polar surface area (TPSA) is 113 Å². The summed E-state index contributed by atoms with van der Waals surface area (Å²) < 4.78 is 7.08. The van der Waals surface area contributed by atoms with Crippen molar-refractivity contribution in [3.05, 3.63) is 53.4 Å². The Balaban J connectivity index is 1.66. The summed E-state index contributed by atoms with van der Waals surface area (Å²) in [5.74, 6) is 0. The number of pyridine rings is 1. The van der Waals surface area contributed by atoms with E-state index in [2.05, 4.69) is 15.3 Å². The summed E-state index contributed by atoms with van der Waals surface area (Å²) in [5, 5.41) is 33.1. The Bertz CT molecular complexity index is 936. The molecule has 4 atom stereocenters. The second-order valence-electron chi connectivity index (χ2n) is 6.38. The number of nitrogens with zero attached hydrogens (tertiary/aromatic N) is 3. The maximum Gasteiger partial charge on any atom is 0.165 e. The number of imidazole rings is 1. The number of benzene rings is 1. The lowest BCUT2D eigenvalue weighted by Crippen LogP contribution is -2.33. The van der Waals surface area contributed by atoms with Crippen LogP contribution in [0.1, 0.15) is 11.8 Å². The van der Waals surface area contributed by atoms with E-state index in [1.54, 1.807) is 6.07 Å². The average Bonchev–Trinajstić information content (AvgIpc) is 3.22. The van der Waals surface area contributed by atoms with Gasteiger partial charge in [0, 0.05) is 12.6 Å². The summed E-state index contributed by atoms with van der Waals surface area (Å²) >= 11 is 6.18. The van der Waals surface area contributed by atoms with Gasteiger partial charge in [0.1, 0.15) is 29.0 Å². The molecule has 0 saturated carbocycles. The summed E-state index contributed by atoms with van der Waals surface area (Å²) in [6.45, 7) is 0.177. The van der Waals surface area contributed by atoms with Crippen molar-refractivity contribution in [3.8, 4) is 0 Å². The van der Waals surface area contributed by atoms with Gasteiger partial charge >= 0.3 is 0 Å². The van der Waals surface area contributed by atoms with E-state index in [1.807, 2.05) is 30.3 Å². The highest BCUT2D eigenvalue weighted by molar-refractivity contribution is 6.30. The molecule has 8 nitrogen and oxygen atoms in total. The van der Waals surface area contributed by atoms with Crippen LogP contribution in [0.4, 0.5) is 5.69 Å². The molecule has 3 heterocycles. The minimum absolute atomic E-state index is 0.256. The van der Waals surface area contributed by atoms with E-state index in [0.29, 0.717) is 23.4 Å². The van der Waals surface area contributed by atoms with Crippen molar-refractivity contribution in [3.63, 3.8) is 0 Å². The number of anilines is 1. The highest BCUT2D eigenvalue weighted by Crippen LogP contribution is 2.33. The lowest BCUT2D eigenvalue weighted by atomic mass is 10.1. The molecule has 1 aliphatic heterocycles. The Morgan fingerprint density at radius 1 is 1.19 bits per heavy atom. The fraction of sp³-hybridized carbons (Fsp3) is 0.333. The van der Waals surface area contributed by atoms with Gasteiger partial charge in [0.05, 0.1) is 18.6 Å². The quantitative estimate of drug-likeness (QED) is 0.486. The Morgan fingerprint density at radius 2 is 1.96 bits per heavy atom. The lowest BCUT2D eigenvalue weighted by Gasteiger charge is -2.17. The molecule has 0 bridgehead atoms. The first-order valence-electron chi connectivity index (χ1n) is 8.52. The van der Waals surface area contributed by atoms with Crippen LogP contribution in [0.5, 0.6) is 0 Å². The van der Waals surface area contributed by atoms with Crippen molar-refractivity contribution in [2.24, 2.45) is 0 Å². The fourth-order valence-electron chi connectivity index (χ4n) is 3.20. The number of aliphatic hydroxyl groups is 3. The van der Waals surface area contributed by atoms with Crippen LogP contribution in [0.25, 0.3) is 11.2 Å². The zero-order valence-electron chi connectivity index (χ0n) is 14.2. The zero-order valence-corrected chi connectivity index (χ0v) is 15.0. The van der Waals surface area contributed by atoms with Gasteiger partial charge in [-0.05, 0) is 5.56 Å². The monoisotopic (exact) mass is 390 g/mol. The standard InChI is InChI=1S/C18H19ClN4O4/c19-13-6-11(20-7-10-4-2-1-3-5-10)14-17(22-13)23(9-21-14)18-16(26)15(25)12(8-24)27-18/h1-6,9,12,15-16,18,24-26H,7-8H2,(H,20,22)/t12-,15?,16?,18-/m1/s1. The largest absolute Gasteiger partial charge is 0.394 e. The van der Waals surface area contributed by atoms with Gasteiger partial charge in [-0.1, -0.05) is 41.9 Å². The molecule has 2 unspecified atom stereocenters. The number of nitrogens with one attached hydrogen (secondary N) is 1. The maximum atomic E-state index is 10.3. The Hall–Kier alpha value is -2.23. The first-order valence-corrected chi connectivity index (χ1v) is 8.89. The highest BCUT2D eigenvalue weighted by Gasteiger charge is 2.44. The Morgan fingerprint density at radius 3 is 2.67 bits per heavy atom. The first-order chi connectivity index (χ1) is 13.1. The smallest absolute Gasteiger partial charge is 0.165 e. The Kier molecular flexibility index (Phi) is 4.98. The van der Waals surface area contributed by atoms with Crippen molar-refractivity contribution < 1.29 is 20.1 Å². The van der Waals surface area contributed by atoms with Crippen LogP contribution in [-0.4, -0.2) is 54.8 Å². The molecule has 1 fully saturated rings. The van der Waals surface area contributed by atoms with Gasteiger partial charge in [0.2, 0.25) is 0 Å². The van der Waals surface area contributed by atoms with Crippen LogP contribution < -0.4 is 5.32 Å². The molecule has 2 aromatic heterocycles. The number of aromatic nitrogens is 3. The van der Waals surface area contributed by atoms with Crippen molar-refractivity contribution >= 4 is 28.5 Å². The number of rotatable bonds is 5. The van der Waals surface area contributed by atoms with Crippen LogP contribution in [0.15, 0.2) is 42.7 Å². The molecule has 0 aliphatic carbocycles. The minimum atomic E-state index is -1.22. The van der Waals surface area contributed by atoms with Crippen molar-refractivity contribution in [1.29, 1.82) is 0 Å². The normalized spacial score (nSPS) is 25.2. The number of hydrogen-bond acceptors (Lipinski definition) is 7. The van der Waals surface area contributed by atoms with Crippen LogP contribution in [-0.2, 0) is 11.3 Å². The van der Waals surface area contributed by atoms with E-state index >= 15 is 0 Å². The van der Waals surface area contributed by atoms with E-state index in [9.17, 15) is 15.3 Å². The predicted molar refractivity (Wildman–Crippen MR) is 99.3 cm³/mol. The summed E-state index contributed by atoms with van der Waals surface area (Å²) in [7, 11) is 0. The van der Waals surface area contributed by atoms with E-state index < -0.39 is 31.1 Å². The highest BCUT2D eigenvalue weighted by atomic mass is 35.5. The lowest BCUT2D eigenvalue weighted by molar-refractivity contribution is -0.0511. The minimum Gasteiger partial charge on any atom is -0.394 e. The third-order valence-corrected chi connectivity index (χ3v) is 4.81. The van der Waals surface area contributed by atoms with E-state index in [4.69, 9.17) is 16.3 Å². The van der Waals surface area contributed by atoms with E-state index in [-0.39, 0.29) is 5.15 Å². The summed E-state index contributed by atoms with van der Waals surface area (Å²) in [6, 6.07) is 11.6. The molecule has 142 valence electrons. The van der Waals surface area contributed by atoms with Crippen LogP contribution in [0, 0.1) is 0 Å². The second kappa shape index (κ2) is 7.41. The molecule has 0 amide bonds. The van der Waals surface area contributed by atoms with Gasteiger partial charge in [-0.25, -0.2) is 9.97 Å². The van der Waals surface area contributed by atoms with Gasteiger partial charge in [-0.3, -0.25) is 4.57 Å². The molecule has 0 radical (unpaired) electrons. The summed E-state index contributed by atoms with van der Waals surface area (Å²) in [6.07, 6.45) is -2.75. The molecule has 1 aromatic carbocycles. The predicted octanol–water partition coefficient (Wildman–Crippen LogP) is 1.31. The first kappa shape index (κ1) is 18.1.